The number of piperidine rings is 1. The van der Waals surface area contributed by atoms with Crippen molar-refractivity contribution in [2.24, 2.45) is 0 Å². The summed E-state index contributed by atoms with van der Waals surface area (Å²) < 4.78 is 0. The van der Waals surface area contributed by atoms with E-state index in [0.717, 1.165) is 38.8 Å². The van der Waals surface area contributed by atoms with E-state index in [1.165, 1.54) is 6.42 Å². The van der Waals surface area contributed by atoms with Crippen molar-refractivity contribution in [1.29, 1.82) is 0 Å². The number of amides is 1. The number of aliphatic hydroxyl groups is 1. The molecule has 0 saturated carbocycles. The highest BCUT2D eigenvalue weighted by atomic mass is 16.3. The molecule has 2 heterocycles. The van der Waals surface area contributed by atoms with Gasteiger partial charge in [0.25, 0.3) is 0 Å². The van der Waals surface area contributed by atoms with Crippen LogP contribution >= 0.6 is 0 Å². The zero-order valence-electron chi connectivity index (χ0n) is 10.8. The van der Waals surface area contributed by atoms with Gasteiger partial charge in [0, 0.05) is 18.6 Å². The molecule has 2 atom stereocenters. The molecule has 2 aliphatic heterocycles. The average Bonchev–Trinajstić information content (AvgIpc) is 2.76. The molecule has 2 aliphatic rings. The van der Waals surface area contributed by atoms with Gasteiger partial charge in [0.1, 0.15) is 0 Å². The van der Waals surface area contributed by atoms with Gasteiger partial charge in [0.15, 0.2) is 0 Å². The number of carbonyl (C=O) groups excluding carboxylic acids is 1. The van der Waals surface area contributed by atoms with Crippen LogP contribution in [-0.4, -0.2) is 59.1 Å². The summed E-state index contributed by atoms with van der Waals surface area (Å²) in [5.74, 6) is 0.248. The molecule has 2 fully saturated rings. The maximum Gasteiger partial charge on any atom is 0.236 e. The van der Waals surface area contributed by atoms with Crippen LogP contribution in [0.2, 0.25) is 0 Å². The summed E-state index contributed by atoms with van der Waals surface area (Å²) >= 11 is 0. The predicted octanol–water partition coefficient (Wildman–Crippen LogP) is 0.844. The summed E-state index contributed by atoms with van der Waals surface area (Å²) in [7, 11) is 0. The van der Waals surface area contributed by atoms with Crippen LogP contribution in [0.15, 0.2) is 0 Å². The van der Waals surface area contributed by atoms with Crippen LogP contribution in [0.1, 0.15) is 39.0 Å². The number of rotatable bonds is 3. The molecule has 0 aromatic heterocycles. The third-order valence-electron chi connectivity index (χ3n) is 4.17. The van der Waals surface area contributed by atoms with Gasteiger partial charge >= 0.3 is 0 Å². The maximum absolute atomic E-state index is 12.2. The van der Waals surface area contributed by atoms with Crippen LogP contribution < -0.4 is 0 Å². The number of carbonyl (C=O) groups is 1. The fourth-order valence-electron chi connectivity index (χ4n) is 3.04. The molecule has 0 radical (unpaired) electrons. The molecule has 4 heteroatoms. The van der Waals surface area contributed by atoms with Crippen LogP contribution in [0.3, 0.4) is 0 Å². The largest absolute Gasteiger partial charge is 0.395 e. The standard InChI is InChI=1S/C13H24N2O2/c1-11-5-2-3-8-15(11)13(17)9-14-7-4-6-12(14)10-16/h11-12,16H,2-10H2,1H3. The quantitative estimate of drug-likeness (QED) is 0.795. The second kappa shape index (κ2) is 5.83. The van der Waals surface area contributed by atoms with Crippen molar-refractivity contribution in [3.05, 3.63) is 0 Å². The van der Waals surface area contributed by atoms with Gasteiger partial charge in [0.05, 0.1) is 13.2 Å². The summed E-state index contributed by atoms with van der Waals surface area (Å²) in [6, 6.07) is 0.602. The highest BCUT2D eigenvalue weighted by Gasteiger charge is 2.29. The van der Waals surface area contributed by atoms with E-state index in [-0.39, 0.29) is 18.6 Å². The molecule has 17 heavy (non-hydrogen) atoms. The summed E-state index contributed by atoms with van der Waals surface area (Å²) in [6.07, 6.45) is 5.65. The van der Waals surface area contributed by atoms with Crippen LogP contribution in [0.4, 0.5) is 0 Å². The van der Waals surface area contributed by atoms with Crippen LogP contribution in [0, 0.1) is 0 Å². The molecule has 4 nitrogen and oxygen atoms in total. The summed E-state index contributed by atoms with van der Waals surface area (Å²) in [5, 5.41) is 9.25. The first-order valence-electron chi connectivity index (χ1n) is 6.86. The van der Waals surface area contributed by atoms with Crippen molar-refractivity contribution in [3.8, 4) is 0 Å². The third kappa shape index (κ3) is 2.99. The maximum atomic E-state index is 12.2. The number of likely N-dealkylation sites (tertiary alicyclic amines) is 2. The Morgan fingerprint density at radius 1 is 1.24 bits per heavy atom. The van der Waals surface area contributed by atoms with Crippen LogP contribution in [0.25, 0.3) is 0 Å². The molecule has 1 amide bonds. The molecule has 98 valence electrons. The van der Waals surface area contributed by atoms with Gasteiger partial charge in [-0.1, -0.05) is 0 Å². The lowest BCUT2D eigenvalue weighted by Crippen LogP contribution is -2.48. The molecule has 0 spiro atoms. The molecule has 0 aromatic carbocycles. The number of hydrogen-bond acceptors (Lipinski definition) is 3. The van der Waals surface area contributed by atoms with E-state index < -0.39 is 0 Å². The molecule has 2 rings (SSSR count). The van der Waals surface area contributed by atoms with Crippen LogP contribution in [-0.2, 0) is 4.79 Å². The molecule has 0 aromatic rings. The lowest BCUT2D eigenvalue weighted by Gasteiger charge is -2.35. The summed E-state index contributed by atoms with van der Waals surface area (Å²) in [6.45, 7) is 4.69. The number of hydrogen-bond donors (Lipinski definition) is 1. The fourth-order valence-corrected chi connectivity index (χ4v) is 3.04. The van der Waals surface area contributed by atoms with Gasteiger partial charge in [-0.05, 0) is 45.6 Å². The lowest BCUT2D eigenvalue weighted by atomic mass is 10.0. The topological polar surface area (TPSA) is 43.8 Å². The minimum atomic E-state index is 0.183. The van der Waals surface area contributed by atoms with E-state index >= 15 is 0 Å². The lowest BCUT2D eigenvalue weighted by molar-refractivity contribution is -0.136. The van der Waals surface area contributed by atoms with Crippen molar-refractivity contribution in [2.75, 3.05) is 26.2 Å². The Balaban J connectivity index is 1.87. The van der Waals surface area contributed by atoms with E-state index in [0.29, 0.717) is 12.6 Å². The summed E-state index contributed by atoms with van der Waals surface area (Å²) in [5.41, 5.74) is 0. The Morgan fingerprint density at radius 3 is 2.76 bits per heavy atom. The minimum absolute atomic E-state index is 0.183. The number of nitrogens with zero attached hydrogens (tertiary/aromatic N) is 2. The Kier molecular flexibility index (Phi) is 4.40. The van der Waals surface area contributed by atoms with E-state index in [9.17, 15) is 9.90 Å². The van der Waals surface area contributed by atoms with Crippen molar-refractivity contribution >= 4 is 5.91 Å². The zero-order valence-corrected chi connectivity index (χ0v) is 10.8. The Labute approximate surface area is 104 Å². The van der Waals surface area contributed by atoms with Crippen molar-refractivity contribution in [3.63, 3.8) is 0 Å². The first kappa shape index (κ1) is 12.8. The molecule has 0 bridgehead atoms. The second-order valence-corrected chi connectivity index (χ2v) is 5.38. The first-order chi connectivity index (χ1) is 8.22. The van der Waals surface area contributed by atoms with Gasteiger partial charge in [-0.3, -0.25) is 9.69 Å². The van der Waals surface area contributed by atoms with E-state index in [4.69, 9.17) is 0 Å². The number of aliphatic hydroxyl groups excluding tert-OH is 1. The third-order valence-corrected chi connectivity index (χ3v) is 4.17. The van der Waals surface area contributed by atoms with Crippen molar-refractivity contribution in [1.82, 2.24) is 9.80 Å². The minimum Gasteiger partial charge on any atom is -0.395 e. The van der Waals surface area contributed by atoms with Crippen molar-refractivity contribution < 1.29 is 9.90 Å². The van der Waals surface area contributed by atoms with Gasteiger partial charge < -0.3 is 10.0 Å². The Hall–Kier alpha value is -0.610. The fraction of sp³-hybridized carbons (Fsp3) is 0.923. The van der Waals surface area contributed by atoms with Gasteiger partial charge in [-0.2, -0.15) is 0 Å². The van der Waals surface area contributed by atoms with E-state index in [1.54, 1.807) is 0 Å². The monoisotopic (exact) mass is 240 g/mol. The Morgan fingerprint density at radius 2 is 2.06 bits per heavy atom. The van der Waals surface area contributed by atoms with E-state index in [1.807, 2.05) is 4.90 Å². The smallest absolute Gasteiger partial charge is 0.236 e. The van der Waals surface area contributed by atoms with Crippen LogP contribution in [0.5, 0.6) is 0 Å². The summed E-state index contributed by atoms with van der Waals surface area (Å²) in [4.78, 5) is 16.4. The first-order valence-corrected chi connectivity index (χ1v) is 6.86. The zero-order chi connectivity index (χ0) is 12.3. The van der Waals surface area contributed by atoms with Gasteiger partial charge in [-0.25, -0.2) is 0 Å². The predicted molar refractivity (Wildman–Crippen MR) is 66.7 cm³/mol. The van der Waals surface area contributed by atoms with Gasteiger partial charge in [0.2, 0.25) is 5.91 Å². The molecule has 0 aliphatic carbocycles. The molecular formula is C13H24N2O2. The average molecular weight is 240 g/mol. The normalized spacial score (nSPS) is 30.8. The van der Waals surface area contributed by atoms with Gasteiger partial charge in [-0.15, -0.1) is 0 Å². The molecule has 1 N–H and O–H groups in total. The molecule has 2 saturated heterocycles. The molecular weight excluding hydrogens is 216 g/mol. The molecule has 2 unspecified atom stereocenters. The SMILES string of the molecule is CC1CCCCN1C(=O)CN1CCCC1CO. The van der Waals surface area contributed by atoms with E-state index in [2.05, 4.69) is 11.8 Å². The van der Waals surface area contributed by atoms with Crippen molar-refractivity contribution in [2.45, 2.75) is 51.1 Å². The highest BCUT2D eigenvalue weighted by Crippen LogP contribution is 2.19. The Bertz CT molecular complexity index is 270. The highest BCUT2D eigenvalue weighted by molar-refractivity contribution is 5.78. The second-order valence-electron chi connectivity index (χ2n) is 5.38.